The Morgan fingerprint density at radius 3 is 2.64 bits per heavy atom. The number of aliphatic hydroxyl groups is 1. The molecule has 1 rings (SSSR count). The van der Waals surface area contributed by atoms with Gasteiger partial charge >= 0.3 is 6.01 Å². The van der Waals surface area contributed by atoms with Crippen molar-refractivity contribution in [2.75, 3.05) is 6.61 Å². The van der Waals surface area contributed by atoms with Crippen LogP contribution in [0.5, 0.6) is 6.01 Å². The molecule has 0 fully saturated rings. The minimum Gasteiger partial charge on any atom is -0.464 e. The number of hydrogen-bond donors (Lipinski definition) is 1. The van der Waals surface area contributed by atoms with Crippen LogP contribution in [0, 0.1) is 5.92 Å². The fourth-order valence-electron chi connectivity index (χ4n) is 1.22. The molecule has 5 nitrogen and oxygen atoms in total. The maximum absolute atomic E-state index is 9.03. The molecular formula is C9H17N3O2. The van der Waals surface area contributed by atoms with E-state index in [0.29, 0.717) is 24.4 Å². The van der Waals surface area contributed by atoms with E-state index in [-0.39, 0.29) is 6.61 Å². The summed E-state index contributed by atoms with van der Waals surface area (Å²) in [5.74, 6) is 1.03. The first-order valence-electron chi connectivity index (χ1n) is 4.84. The molecule has 0 aliphatic rings. The average Bonchev–Trinajstić information content (AvgIpc) is 2.48. The highest BCUT2D eigenvalue weighted by molar-refractivity contribution is 5.00. The number of hydrogen-bond acceptors (Lipinski definition) is 4. The summed E-state index contributed by atoms with van der Waals surface area (Å²) in [5.41, 5.74) is 0. The average molecular weight is 199 g/mol. The Kier molecular flexibility index (Phi) is 3.88. The SMILES string of the molecule is CCOc1nnc(CO)n1CC(C)C. The number of aliphatic hydroxyl groups excluding tert-OH is 1. The second-order valence-electron chi connectivity index (χ2n) is 3.49. The van der Waals surface area contributed by atoms with E-state index in [1.165, 1.54) is 0 Å². The number of rotatable bonds is 5. The zero-order valence-corrected chi connectivity index (χ0v) is 8.90. The third-order valence-corrected chi connectivity index (χ3v) is 1.76. The Hall–Kier alpha value is -1.10. The van der Waals surface area contributed by atoms with Gasteiger partial charge in [-0.25, -0.2) is 0 Å². The molecule has 1 heterocycles. The fourth-order valence-corrected chi connectivity index (χ4v) is 1.22. The molecule has 0 saturated carbocycles. The highest BCUT2D eigenvalue weighted by Crippen LogP contribution is 2.13. The smallest absolute Gasteiger partial charge is 0.317 e. The molecule has 0 amide bonds. The second-order valence-corrected chi connectivity index (χ2v) is 3.49. The zero-order valence-electron chi connectivity index (χ0n) is 8.90. The molecule has 0 atom stereocenters. The van der Waals surface area contributed by atoms with Gasteiger partial charge in [-0.05, 0) is 12.8 Å². The molecule has 1 aromatic rings. The molecule has 0 aliphatic heterocycles. The second kappa shape index (κ2) is 4.95. The van der Waals surface area contributed by atoms with E-state index in [9.17, 15) is 0 Å². The monoisotopic (exact) mass is 199 g/mol. The summed E-state index contributed by atoms with van der Waals surface area (Å²) in [5, 5.41) is 16.7. The largest absolute Gasteiger partial charge is 0.464 e. The Balaban J connectivity index is 2.87. The normalized spacial score (nSPS) is 10.9. The van der Waals surface area contributed by atoms with Crippen LogP contribution in [0.3, 0.4) is 0 Å². The zero-order chi connectivity index (χ0) is 10.6. The van der Waals surface area contributed by atoms with Crippen molar-refractivity contribution in [1.29, 1.82) is 0 Å². The van der Waals surface area contributed by atoms with Crippen LogP contribution in [-0.2, 0) is 13.2 Å². The van der Waals surface area contributed by atoms with Gasteiger partial charge in [0.1, 0.15) is 6.61 Å². The van der Waals surface area contributed by atoms with Gasteiger partial charge in [0.05, 0.1) is 6.61 Å². The highest BCUT2D eigenvalue weighted by Gasteiger charge is 2.12. The Morgan fingerprint density at radius 2 is 2.14 bits per heavy atom. The molecule has 0 aromatic carbocycles. The number of aromatic nitrogens is 3. The van der Waals surface area contributed by atoms with Gasteiger partial charge < -0.3 is 9.84 Å². The van der Waals surface area contributed by atoms with Crippen LogP contribution in [0.1, 0.15) is 26.6 Å². The van der Waals surface area contributed by atoms with Gasteiger partial charge in [-0.3, -0.25) is 4.57 Å². The summed E-state index contributed by atoms with van der Waals surface area (Å²) in [7, 11) is 0. The van der Waals surface area contributed by atoms with Crippen molar-refractivity contribution in [1.82, 2.24) is 14.8 Å². The van der Waals surface area contributed by atoms with Crippen molar-refractivity contribution >= 4 is 0 Å². The van der Waals surface area contributed by atoms with Crippen LogP contribution in [-0.4, -0.2) is 26.5 Å². The molecule has 0 bridgehead atoms. The summed E-state index contributed by atoms with van der Waals surface area (Å²) in [6.45, 7) is 7.30. The molecule has 0 unspecified atom stereocenters. The first kappa shape index (κ1) is 11.0. The number of nitrogens with zero attached hydrogens (tertiary/aromatic N) is 3. The van der Waals surface area contributed by atoms with Crippen molar-refractivity contribution < 1.29 is 9.84 Å². The van der Waals surface area contributed by atoms with Gasteiger partial charge in [0.15, 0.2) is 5.82 Å². The first-order valence-corrected chi connectivity index (χ1v) is 4.84. The molecule has 5 heteroatoms. The quantitative estimate of drug-likeness (QED) is 0.762. The third kappa shape index (κ3) is 2.45. The van der Waals surface area contributed by atoms with Gasteiger partial charge in [-0.15, -0.1) is 5.10 Å². The molecule has 0 saturated heterocycles. The number of ether oxygens (including phenoxy) is 1. The topological polar surface area (TPSA) is 60.2 Å². The van der Waals surface area contributed by atoms with Crippen molar-refractivity contribution in [2.24, 2.45) is 5.92 Å². The maximum Gasteiger partial charge on any atom is 0.317 e. The van der Waals surface area contributed by atoms with Crippen LogP contribution in [0.15, 0.2) is 0 Å². The molecule has 0 radical (unpaired) electrons. The van der Waals surface area contributed by atoms with Gasteiger partial charge in [0, 0.05) is 6.54 Å². The van der Waals surface area contributed by atoms with Crippen LogP contribution in [0.2, 0.25) is 0 Å². The predicted molar refractivity (Wildman–Crippen MR) is 52.0 cm³/mol. The summed E-state index contributed by atoms with van der Waals surface area (Å²) in [4.78, 5) is 0. The molecule has 0 aliphatic carbocycles. The lowest BCUT2D eigenvalue weighted by Gasteiger charge is -2.10. The highest BCUT2D eigenvalue weighted by atomic mass is 16.5. The van der Waals surface area contributed by atoms with Gasteiger partial charge in [-0.1, -0.05) is 18.9 Å². The van der Waals surface area contributed by atoms with Crippen molar-refractivity contribution in [3.05, 3.63) is 5.82 Å². The van der Waals surface area contributed by atoms with Crippen molar-refractivity contribution in [2.45, 2.75) is 33.9 Å². The van der Waals surface area contributed by atoms with Crippen molar-refractivity contribution in [3.63, 3.8) is 0 Å². The Bertz CT molecular complexity index is 284. The lowest BCUT2D eigenvalue weighted by Crippen LogP contribution is -2.11. The minimum atomic E-state index is -0.104. The Labute approximate surface area is 83.7 Å². The first-order chi connectivity index (χ1) is 6.69. The van der Waals surface area contributed by atoms with Gasteiger partial charge in [-0.2, -0.15) is 0 Å². The van der Waals surface area contributed by atoms with E-state index in [1.54, 1.807) is 0 Å². The molecule has 0 spiro atoms. The molecular weight excluding hydrogens is 182 g/mol. The van der Waals surface area contributed by atoms with E-state index in [2.05, 4.69) is 24.0 Å². The fraction of sp³-hybridized carbons (Fsp3) is 0.778. The third-order valence-electron chi connectivity index (χ3n) is 1.76. The van der Waals surface area contributed by atoms with E-state index in [1.807, 2.05) is 11.5 Å². The van der Waals surface area contributed by atoms with Crippen LogP contribution < -0.4 is 4.74 Å². The Morgan fingerprint density at radius 1 is 1.43 bits per heavy atom. The molecule has 80 valence electrons. The lowest BCUT2D eigenvalue weighted by atomic mass is 10.2. The summed E-state index contributed by atoms with van der Waals surface area (Å²) in [6.07, 6.45) is 0. The van der Waals surface area contributed by atoms with Crippen LogP contribution in [0.25, 0.3) is 0 Å². The van der Waals surface area contributed by atoms with E-state index in [4.69, 9.17) is 9.84 Å². The van der Waals surface area contributed by atoms with E-state index >= 15 is 0 Å². The van der Waals surface area contributed by atoms with Crippen molar-refractivity contribution in [3.8, 4) is 6.01 Å². The standard InChI is InChI=1S/C9H17N3O2/c1-4-14-9-11-10-8(6-13)12(9)5-7(2)3/h7,13H,4-6H2,1-3H3. The van der Waals surface area contributed by atoms with Crippen LogP contribution >= 0.6 is 0 Å². The minimum absolute atomic E-state index is 0.104. The molecule has 1 N–H and O–H groups in total. The maximum atomic E-state index is 9.03. The lowest BCUT2D eigenvalue weighted by molar-refractivity contribution is 0.251. The molecule has 14 heavy (non-hydrogen) atoms. The summed E-state index contributed by atoms with van der Waals surface area (Å²) >= 11 is 0. The predicted octanol–water partition coefficient (Wildman–Crippen LogP) is 0.825. The summed E-state index contributed by atoms with van der Waals surface area (Å²) in [6, 6.07) is 0.491. The summed E-state index contributed by atoms with van der Waals surface area (Å²) < 4.78 is 7.11. The van der Waals surface area contributed by atoms with E-state index in [0.717, 1.165) is 6.54 Å². The van der Waals surface area contributed by atoms with Crippen LogP contribution in [0.4, 0.5) is 0 Å². The van der Waals surface area contributed by atoms with Gasteiger partial charge in [0.25, 0.3) is 0 Å². The van der Waals surface area contributed by atoms with Gasteiger partial charge in [0.2, 0.25) is 0 Å². The van der Waals surface area contributed by atoms with E-state index < -0.39 is 0 Å². The molecule has 1 aromatic heterocycles.